The van der Waals surface area contributed by atoms with E-state index in [1.165, 1.54) is 16.4 Å². The summed E-state index contributed by atoms with van der Waals surface area (Å²) < 4.78 is 51.6. The molecule has 8 nitrogen and oxygen atoms in total. The summed E-state index contributed by atoms with van der Waals surface area (Å²) in [5, 5.41) is 3.47. The van der Waals surface area contributed by atoms with E-state index in [-0.39, 0.29) is 30.2 Å². The third-order valence-corrected chi connectivity index (χ3v) is 7.96. The van der Waals surface area contributed by atoms with Crippen LogP contribution in [0.3, 0.4) is 0 Å². The van der Waals surface area contributed by atoms with Gasteiger partial charge in [-0.15, -0.1) is 0 Å². The molecule has 0 saturated heterocycles. The van der Waals surface area contributed by atoms with Gasteiger partial charge in [0, 0.05) is 37.2 Å². The molecule has 2 atom stereocenters. The molecular weight excluding hydrogens is 533 g/mol. The van der Waals surface area contributed by atoms with Crippen molar-refractivity contribution in [2.45, 2.75) is 58.2 Å². The van der Waals surface area contributed by atoms with Crippen molar-refractivity contribution in [3.8, 4) is 5.75 Å². The van der Waals surface area contributed by atoms with Crippen LogP contribution in [0.15, 0.2) is 42.5 Å². The fraction of sp³-hybridized carbons (Fsp3) is 0.519. The number of nitrogens with one attached hydrogen (secondary N) is 1. The van der Waals surface area contributed by atoms with E-state index < -0.39 is 34.0 Å². The van der Waals surface area contributed by atoms with E-state index in [2.05, 4.69) is 5.32 Å². The number of methoxy groups -OCH3 is 1. The number of rotatable bonds is 17. The van der Waals surface area contributed by atoms with Crippen LogP contribution in [0.2, 0.25) is 5.02 Å². The number of nitrogens with two attached hydrogens (primary N) is 1. The highest BCUT2D eigenvalue weighted by molar-refractivity contribution is 7.89. The first-order valence-corrected chi connectivity index (χ1v) is 14.8. The van der Waals surface area contributed by atoms with Crippen LogP contribution in [0, 0.1) is 5.82 Å². The molecule has 11 heteroatoms. The molecule has 0 unspecified atom stereocenters. The van der Waals surface area contributed by atoms with Crippen molar-refractivity contribution in [1.82, 2.24) is 9.62 Å². The Labute approximate surface area is 230 Å². The number of hydrogen-bond acceptors (Lipinski definition) is 7. The minimum Gasteiger partial charge on any atom is -0.497 e. The second-order valence-corrected chi connectivity index (χ2v) is 11.6. The highest BCUT2D eigenvalue weighted by atomic mass is 35.5. The third kappa shape index (κ3) is 10.9. The summed E-state index contributed by atoms with van der Waals surface area (Å²) >= 11 is 5.98. The predicted molar refractivity (Wildman–Crippen MR) is 148 cm³/mol. The highest BCUT2D eigenvalue weighted by Crippen LogP contribution is 2.17. The summed E-state index contributed by atoms with van der Waals surface area (Å²) in [5.74, 6) is -0.779. The van der Waals surface area contributed by atoms with E-state index in [0.717, 1.165) is 5.56 Å². The minimum atomic E-state index is -3.60. The van der Waals surface area contributed by atoms with Crippen LogP contribution in [0.25, 0.3) is 0 Å². The number of nitrogens with zero attached hydrogens (tertiary/aromatic N) is 1. The summed E-state index contributed by atoms with van der Waals surface area (Å²) in [7, 11) is -2.01. The summed E-state index contributed by atoms with van der Waals surface area (Å²) in [6.07, 6.45) is 0.486. The Morgan fingerprint density at radius 3 is 2.47 bits per heavy atom. The largest absolute Gasteiger partial charge is 0.497 e. The fourth-order valence-corrected chi connectivity index (χ4v) is 5.86. The number of hydrogen-bond donors (Lipinski definition) is 2. The van der Waals surface area contributed by atoms with E-state index in [1.807, 2.05) is 38.1 Å². The SMILES string of the molecule is CCCN(CCC)S(=O)(=O)CCC(=O)O[C@H](CNCc1cccc(OC)c1)[C@@H](N)Cc1cc(F)cc(Cl)c1. The van der Waals surface area contributed by atoms with Gasteiger partial charge in [0.15, 0.2) is 0 Å². The maximum absolute atomic E-state index is 13.8. The van der Waals surface area contributed by atoms with E-state index in [4.69, 9.17) is 26.8 Å². The molecule has 2 aromatic carbocycles. The number of benzene rings is 2. The van der Waals surface area contributed by atoms with Crippen molar-refractivity contribution in [1.29, 1.82) is 0 Å². The molecule has 3 N–H and O–H groups in total. The van der Waals surface area contributed by atoms with Gasteiger partial charge in [-0.25, -0.2) is 17.1 Å². The van der Waals surface area contributed by atoms with Crippen LogP contribution < -0.4 is 15.8 Å². The number of halogens is 2. The van der Waals surface area contributed by atoms with Gasteiger partial charge in [-0.05, 0) is 60.7 Å². The van der Waals surface area contributed by atoms with Gasteiger partial charge >= 0.3 is 5.97 Å². The van der Waals surface area contributed by atoms with Gasteiger partial charge in [0.05, 0.1) is 19.3 Å². The van der Waals surface area contributed by atoms with Gasteiger partial charge in [-0.2, -0.15) is 0 Å². The average molecular weight is 572 g/mol. The molecule has 2 rings (SSSR count). The van der Waals surface area contributed by atoms with Crippen molar-refractivity contribution in [3.63, 3.8) is 0 Å². The fourth-order valence-electron chi connectivity index (χ4n) is 4.01. The molecule has 0 aliphatic rings. The van der Waals surface area contributed by atoms with Gasteiger partial charge in [0.1, 0.15) is 17.7 Å². The zero-order valence-electron chi connectivity index (χ0n) is 22.3. The van der Waals surface area contributed by atoms with E-state index in [1.54, 1.807) is 13.2 Å². The first kappa shape index (κ1) is 32.0. The second kappa shape index (κ2) is 16.0. The van der Waals surface area contributed by atoms with Crippen LogP contribution in [0.5, 0.6) is 5.75 Å². The third-order valence-electron chi connectivity index (χ3n) is 5.87. The number of ether oxygens (including phenoxy) is 2. The van der Waals surface area contributed by atoms with Crippen LogP contribution >= 0.6 is 11.6 Å². The molecule has 0 aliphatic carbocycles. The molecule has 0 amide bonds. The normalized spacial score (nSPS) is 13.3. The Hall–Kier alpha value is -2.24. The molecule has 38 heavy (non-hydrogen) atoms. The summed E-state index contributed by atoms with van der Waals surface area (Å²) in [6, 6.07) is 11.0. The van der Waals surface area contributed by atoms with Crippen LogP contribution in [0.1, 0.15) is 44.2 Å². The first-order chi connectivity index (χ1) is 18.1. The Kier molecular flexibility index (Phi) is 13.5. The van der Waals surface area contributed by atoms with E-state index in [9.17, 15) is 17.6 Å². The van der Waals surface area contributed by atoms with Crippen LogP contribution in [0.4, 0.5) is 4.39 Å². The quantitative estimate of drug-likeness (QED) is 0.277. The molecule has 2 aromatic rings. The molecule has 0 radical (unpaired) electrons. The van der Waals surface area contributed by atoms with Gasteiger partial charge < -0.3 is 20.5 Å². The van der Waals surface area contributed by atoms with Crippen LogP contribution in [-0.4, -0.2) is 63.3 Å². The number of carbonyl (C=O) groups excluding carboxylic acids is 1. The van der Waals surface area contributed by atoms with Gasteiger partial charge in [-0.3, -0.25) is 4.79 Å². The van der Waals surface area contributed by atoms with Gasteiger partial charge in [0.2, 0.25) is 10.0 Å². The molecular formula is C27H39ClFN3O5S. The van der Waals surface area contributed by atoms with Crippen LogP contribution in [-0.2, 0) is 32.5 Å². The topological polar surface area (TPSA) is 111 Å². The Morgan fingerprint density at radius 1 is 1.13 bits per heavy atom. The van der Waals surface area contributed by atoms with Crippen molar-refractivity contribution in [2.24, 2.45) is 5.73 Å². The Bertz CT molecular complexity index is 1110. The maximum Gasteiger partial charge on any atom is 0.307 e. The number of esters is 1. The second-order valence-electron chi connectivity index (χ2n) is 9.12. The maximum atomic E-state index is 13.8. The Morgan fingerprint density at radius 2 is 1.84 bits per heavy atom. The number of sulfonamides is 1. The molecule has 0 spiro atoms. The molecule has 0 saturated carbocycles. The summed E-state index contributed by atoms with van der Waals surface area (Å²) in [6.45, 7) is 5.29. The lowest BCUT2D eigenvalue weighted by molar-refractivity contribution is -0.149. The zero-order valence-corrected chi connectivity index (χ0v) is 23.9. The molecule has 0 fully saturated rings. The lowest BCUT2D eigenvalue weighted by Crippen LogP contribution is -2.46. The van der Waals surface area contributed by atoms with Crippen molar-refractivity contribution in [3.05, 3.63) is 64.4 Å². The lowest BCUT2D eigenvalue weighted by atomic mass is 10.0. The first-order valence-electron chi connectivity index (χ1n) is 12.8. The van der Waals surface area contributed by atoms with E-state index in [0.29, 0.717) is 43.8 Å². The monoisotopic (exact) mass is 571 g/mol. The standard InChI is InChI=1S/C27H39ClFN3O5S/c1-4-10-32(11-5-2)38(34,35)12-9-27(33)37-26(19-31-18-20-7-6-8-24(15-20)36-3)25(30)16-21-13-22(28)17-23(29)14-21/h6-8,13-15,17,25-26,31H,4-5,9-12,16,18-19,30H2,1-3H3/t25-,26+/m0/s1. The molecule has 0 heterocycles. The van der Waals surface area contributed by atoms with E-state index >= 15 is 0 Å². The van der Waals surface area contributed by atoms with Crippen molar-refractivity contribution >= 4 is 27.6 Å². The lowest BCUT2D eigenvalue weighted by Gasteiger charge is -2.25. The van der Waals surface area contributed by atoms with Gasteiger partial charge in [-0.1, -0.05) is 37.6 Å². The van der Waals surface area contributed by atoms with Crippen molar-refractivity contribution < 1.29 is 27.1 Å². The summed E-state index contributed by atoms with van der Waals surface area (Å²) in [4.78, 5) is 12.7. The number of carbonyl (C=O) groups is 1. The average Bonchev–Trinajstić information content (AvgIpc) is 2.86. The predicted octanol–water partition coefficient (Wildman–Crippen LogP) is 3.90. The van der Waals surface area contributed by atoms with Crippen molar-refractivity contribution in [2.75, 3.05) is 32.5 Å². The minimum absolute atomic E-state index is 0.204. The highest BCUT2D eigenvalue weighted by Gasteiger charge is 2.26. The van der Waals surface area contributed by atoms with Gasteiger partial charge in [0.25, 0.3) is 0 Å². The molecule has 0 bridgehead atoms. The molecule has 0 aromatic heterocycles. The Balaban J connectivity index is 2.08. The smallest absolute Gasteiger partial charge is 0.307 e. The zero-order chi connectivity index (χ0) is 28.1. The molecule has 212 valence electrons. The summed E-state index contributed by atoms with van der Waals surface area (Å²) in [5.41, 5.74) is 7.92. The molecule has 0 aliphatic heterocycles.